The third-order valence-electron chi connectivity index (χ3n) is 5.25. The standard InChI is InChI=1S/C22H21N5OS/c23-13-20-21(25-9-8-24-20)27-10-5-16(6-11-27)14-26-22(28)18-3-1-17(2-4-18)19-7-12-29-15-19/h1-4,7-9,12,15-16H,5-6,10-11,14H2,(H,26,28). The highest BCUT2D eigenvalue weighted by Crippen LogP contribution is 2.24. The van der Waals surface area contributed by atoms with E-state index in [1.54, 1.807) is 17.5 Å². The molecule has 7 heteroatoms. The normalized spacial score (nSPS) is 14.4. The topological polar surface area (TPSA) is 81.9 Å². The summed E-state index contributed by atoms with van der Waals surface area (Å²) in [5, 5.41) is 16.4. The van der Waals surface area contributed by atoms with E-state index in [9.17, 15) is 10.1 Å². The first-order valence-electron chi connectivity index (χ1n) is 9.61. The third-order valence-corrected chi connectivity index (χ3v) is 5.94. The van der Waals surface area contributed by atoms with Crippen molar-refractivity contribution in [1.82, 2.24) is 15.3 Å². The lowest BCUT2D eigenvalue weighted by molar-refractivity contribution is 0.0945. The molecule has 0 unspecified atom stereocenters. The van der Waals surface area contributed by atoms with E-state index in [0.29, 0.717) is 29.5 Å². The van der Waals surface area contributed by atoms with Crippen molar-refractivity contribution in [3.05, 3.63) is 64.7 Å². The van der Waals surface area contributed by atoms with Gasteiger partial charge >= 0.3 is 0 Å². The van der Waals surface area contributed by atoms with E-state index in [4.69, 9.17) is 0 Å². The first-order valence-corrected chi connectivity index (χ1v) is 10.6. The van der Waals surface area contributed by atoms with Gasteiger partial charge in [-0.25, -0.2) is 9.97 Å². The molecule has 6 nitrogen and oxygen atoms in total. The average Bonchev–Trinajstić information content (AvgIpc) is 3.33. The number of carbonyl (C=O) groups is 1. The number of nitrogens with one attached hydrogen (secondary N) is 1. The van der Waals surface area contributed by atoms with Crippen molar-refractivity contribution in [2.45, 2.75) is 12.8 Å². The van der Waals surface area contributed by atoms with E-state index < -0.39 is 0 Å². The molecule has 1 saturated heterocycles. The molecule has 0 bridgehead atoms. The van der Waals surface area contributed by atoms with E-state index in [0.717, 1.165) is 31.5 Å². The van der Waals surface area contributed by atoms with Crippen molar-refractivity contribution in [3.63, 3.8) is 0 Å². The second-order valence-electron chi connectivity index (χ2n) is 7.07. The van der Waals surface area contributed by atoms with Gasteiger partial charge in [0, 0.05) is 37.6 Å². The van der Waals surface area contributed by atoms with Gasteiger partial charge in [-0.15, -0.1) is 0 Å². The fourth-order valence-electron chi connectivity index (χ4n) is 3.57. The van der Waals surface area contributed by atoms with Crippen LogP contribution in [0.4, 0.5) is 5.82 Å². The van der Waals surface area contributed by atoms with E-state index >= 15 is 0 Å². The number of piperidine rings is 1. The van der Waals surface area contributed by atoms with Gasteiger partial charge in [-0.2, -0.15) is 16.6 Å². The van der Waals surface area contributed by atoms with E-state index in [1.807, 2.05) is 29.6 Å². The average molecular weight is 404 g/mol. The van der Waals surface area contributed by atoms with Crippen LogP contribution in [0.25, 0.3) is 11.1 Å². The molecule has 4 rings (SSSR count). The van der Waals surface area contributed by atoms with Crippen LogP contribution in [-0.2, 0) is 0 Å². The Morgan fingerprint density at radius 2 is 1.90 bits per heavy atom. The maximum absolute atomic E-state index is 12.5. The zero-order valence-corrected chi connectivity index (χ0v) is 16.7. The zero-order chi connectivity index (χ0) is 20.1. The van der Waals surface area contributed by atoms with Crippen LogP contribution >= 0.6 is 11.3 Å². The molecule has 0 spiro atoms. The Hall–Kier alpha value is -3.24. The summed E-state index contributed by atoms with van der Waals surface area (Å²) in [5.41, 5.74) is 3.34. The highest BCUT2D eigenvalue weighted by Gasteiger charge is 2.23. The third kappa shape index (κ3) is 4.44. The first kappa shape index (κ1) is 19.1. The summed E-state index contributed by atoms with van der Waals surface area (Å²) in [7, 11) is 0. The molecule has 1 aliphatic rings. The minimum Gasteiger partial charge on any atom is -0.354 e. The SMILES string of the molecule is N#Cc1nccnc1N1CCC(CNC(=O)c2ccc(-c3ccsc3)cc2)CC1. The Morgan fingerprint density at radius 1 is 1.14 bits per heavy atom. The number of benzene rings is 1. The lowest BCUT2D eigenvalue weighted by atomic mass is 9.96. The molecule has 0 saturated carbocycles. The summed E-state index contributed by atoms with van der Waals surface area (Å²) in [5.74, 6) is 1.04. The molecule has 3 aromatic rings. The summed E-state index contributed by atoms with van der Waals surface area (Å²) in [6, 6.07) is 11.9. The van der Waals surface area contributed by atoms with Crippen molar-refractivity contribution in [2.75, 3.05) is 24.5 Å². The number of nitriles is 1. The van der Waals surface area contributed by atoms with Gasteiger partial charge in [0.15, 0.2) is 11.5 Å². The maximum atomic E-state index is 12.5. The summed E-state index contributed by atoms with van der Waals surface area (Å²) in [6.45, 7) is 2.27. The molecule has 146 valence electrons. The second-order valence-corrected chi connectivity index (χ2v) is 7.85. The molecule has 29 heavy (non-hydrogen) atoms. The van der Waals surface area contributed by atoms with E-state index in [1.165, 1.54) is 11.8 Å². The van der Waals surface area contributed by atoms with Crippen LogP contribution in [0.5, 0.6) is 0 Å². The van der Waals surface area contributed by atoms with Gasteiger partial charge in [-0.05, 0) is 58.8 Å². The summed E-state index contributed by atoms with van der Waals surface area (Å²) < 4.78 is 0. The van der Waals surface area contributed by atoms with E-state index in [2.05, 4.69) is 37.7 Å². The molecule has 1 amide bonds. The van der Waals surface area contributed by atoms with Crippen LogP contribution in [0, 0.1) is 17.2 Å². The van der Waals surface area contributed by atoms with Gasteiger partial charge in [0.2, 0.25) is 0 Å². The van der Waals surface area contributed by atoms with Gasteiger partial charge in [0.05, 0.1) is 0 Å². The van der Waals surface area contributed by atoms with Crippen LogP contribution < -0.4 is 10.2 Å². The van der Waals surface area contributed by atoms with Crippen molar-refractivity contribution >= 4 is 23.1 Å². The van der Waals surface area contributed by atoms with Crippen LogP contribution in [0.15, 0.2) is 53.5 Å². The molecule has 3 heterocycles. The Kier molecular flexibility index (Phi) is 5.82. The van der Waals surface area contributed by atoms with Gasteiger partial charge in [0.1, 0.15) is 6.07 Å². The van der Waals surface area contributed by atoms with Gasteiger partial charge in [0.25, 0.3) is 5.91 Å². The molecule has 0 aliphatic carbocycles. The lowest BCUT2D eigenvalue weighted by Gasteiger charge is -2.32. The monoisotopic (exact) mass is 403 g/mol. The molecular formula is C22H21N5OS. The zero-order valence-electron chi connectivity index (χ0n) is 15.9. The number of aromatic nitrogens is 2. The summed E-state index contributed by atoms with van der Waals surface area (Å²) in [4.78, 5) is 23.0. The molecular weight excluding hydrogens is 382 g/mol. The number of thiophene rings is 1. The molecule has 1 fully saturated rings. The van der Waals surface area contributed by atoms with Crippen molar-refractivity contribution in [2.24, 2.45) is 5.92 Å². The number of hydrogen-bond donors (Lipinski definition) is 1. The number of nitrogens with zero attached hydrogens (tertiary/aromatic N) is 4. The fraction of sp³-hybridized carbons (Fsp3) is 0.273. The second kappa shape index (κ2) is 8.84. The van der Waals surface area contributed by atoms with Crippen LogP contribution in [-0.4, -0.2) is 35.5 Å². The number of anilines is 1. The molecule has 1 aromatic carbocycles. The number of hydrogen-bond acceptors (Lipinski definition) is 6. The summed E-state index contributed by atoms with van der Waals surface area (Å²) in [6.07, 6.45) is 5.04. The van der Waals surface area contributed by atoms with E-state index in [-0.39, 0.29) is 5.91 Å². The predicted molar refractivity (Wildman–Crippen MR) is 114 cm³/mol. The number of carbonyl (C=O) groups excluding carboxylic acids is 1. The molecule has 2 aromatic heterocycles. The van der Waals surface area contributed by atoms with Crippen molar-refractivity contribution in [3.8, 4) is 17.2 Å². The smallest absolute Gasteiger partial charge is 0.251 e. The van der Waals surface area contributed by atoms with Crippen molar-refractivity contribution < 1.29 is 4.79 Å². The van der Waals surface area contributed by atoms with Gasteiger partial charge < -0.3 is 10.2 Å². The highest BCUT2D eigenvalue weighted by molar-refractivity contribution is 7.08. The molecule has 1 N–H and O–H groups in total. The molecule has 0 radical (unpaired) electrons. The molecule has 0 atom stereocenters. The highest BCUT2D eigenvalue weighted by atomic mass is 32.1. The predicted octanol–water partition coefficient (Wildman–Crippen LogP) is 3.72. The largest absolute Gasteiger partial charge is 0.354 e. The minimum atomic E-state index is -0.0370. The molecule has 1 aliphatic heterocycles. The maximum Gasteiger partial charge on any atom is 0.251 e. The quantitative estimate of drug-likeness (QED) is 0.702. The Bertz CT molecular complexity index is 1000. The number of amides is 1. The summed E-state index contributed by atoms with van der Waals surface area (Å²) >= 11 is 1.66. The van der Waals surface area contributed by atoms with Crippen LogP contribution in [0.3, 0.4) is 0 Å². The Balaban J connectivity index is 1.28. The lowest BCUT2D eigenvalue weighted by Crippen LogP contribution is -2.39. The minimum absolute atomic E-state index is 0.0370. The fourth-order valence-corrected chi connectivity index (χ4v) is 4.24. The first-order chi connectivity index (χ1) is 14.2. The Labute approximate surface area is 173 Å². The van der Waals surface area contributed by atoms with Crippen LogP contribution in [0.2, 0.25) is 0 Å². The van der Waals surface area contributed by atoms with Crippen molar-refractivity contribution in [1.29, 1.82) is 5.26 Å². The van der Waals surface area contributed by atoms with Gasteiger partial charge in [-0.1, -0.05) is 12.1 Å². The van der Waals surface area contributed by atoms with Crippen LogP contribution in [0.1, 0.15) is 28.9 Å². The Morgan fingerprint density at radius 3 is 2.59 bits per heavy atom. The van der Waals surface area contributed by atoms with Gasteiger partial charge in [-0.3, -0.25) is 4.79 Å². The number of rotatable bonds is 5.